The van der Waals surface area contributed by atoms with Crippen molar-refractivity contribution in [3.05, 3.63) is 48.5 Å². The van der Waals surface area contributed by atoms with Crippen LogP contribution in [0.3, 0.4) is 0 Å². The van der Waals surface area contributed by atoms with Crippen molar-refractivity contribution in [2.45, 2.75) is 32.2 Å². The molecule has 29 heavy (non-hydrogen) atoms. The quantitative estimate of drug-likeness (QED) is 0.668. The Morgan fingerprint density at radius 2 is 1.97 bits per heavy atom. The number of carbonyl (C=O) groups is 2. The number of thiazole rings is 1. The molecule has 1 aliphatic heterocycles. The van der Waals surface area contributed by atoms with Crippen LogP contribution in [0.1, 0.15) is 26.2 Å². The number of para-hydroxylation sites is 2. The van der Waals surface area contributed by atoms with Crippen molar-refractivity contribution in [1.29, 1.82) is 0 Å². The van der Waals surface area contributed by atoms with Crippen molar-refractivity contribution in [2.24, 2.45) is 0 Å². The van der Waals surface area contributed by atoms with Gasteiger partial charge in [-0.3, -0.25) is 4.79 Å². The summed E-state index contributed by atoms with van der Waals surface area (Å²) in [6, 6.07) is 15.6. The Morgan fingerprint density at radius 1 is 1.17 bits per heavy atom. The average molecular weight is 409 g/mol. The zero-order valence-electron chi connectivity index (χ0n) is 16.4. The van der Waals surface area contributed by atoms with Crippen molar-refractivity contribution < 1.29 is 9.59 Å². The topological polar surface area (TPSA) is 74.3 Å². The van der Waals surface area contributed by atoms with Gasteiger partial charge in [0.1, 0.15) is 5.01 Å². The van der Waals surface area contributed by atoms with E-state index in [1.54, 1.807) is 16.2 Å². The number of hydrogen-bond acceptors (Lipinski definition) is 4. The van der Waals surface area contributed by atoms with E-state index < -0.39 is 0 Å². The van der Waals surface area contributed by atoms with E-state index in [1.165, 1.54) is 0 Å². The van der Waals surface area contributed by atoms with Gasteiger partial charge in [-0.2, -0.15) is 0 Å². The van der Waals surface area contributed by atoms with Crippen LogP contribution in [0.15, 0.2) is 48.5 Å². The third-order valence-electron chi connectivity index (χ3n) is 5.09. The van der Waals surface area contributed by atoms with Crippen molar-refractivity contribution in [3.8, 4) is 10.6 Å². The maximum Gasteiger partial charge on any atom is 0.321 e. The Labute approximate surface area is 173 Å². The average Bonchev–Trinajstić information content (AvgIpc) is 3.18. The van der Waals surface area contributed by atoms with Gasteiger partial charge in [0.2, 0.25) is 5.91 Å². The molecule has 0 radical (unpaired) electrons. The fourth-order valence-corrected chi connectivity index (χ4v) is 4.57. The lowest BCUT2D eigenvalue weighted by Crippen LogP contribution is -2.50. The molecule has 0 saturated carbocycles. The zero-order chi connectivity index (χ0) is 20.2. The van der Waals surface area contributed by atoms with Crippen LogP contribution in [0.4, 0.5) is 10.5 Å². The molecule has 7 heteroatoms. The number of piperidine rings is 1. The van der Waals surface area contributed by atoms with E-state index in [9.17, 15) is 9.59 Å². The number of aromatic nitrogens is 1. The first-order chi connectivity index (χ1) is 14.1. The van der Waals surface area contributed by atoms with E-state index in [-0.39, 0.29) is 18.0 Å². The summed E-state index contributed by atoms with van der Waals surface area (Å²) in [4.78, 5) is 31.1. The molecule has 1 aliphatic rings. The van der Waals surface area contributed by atoms with Crippen LogP contribution in [-0.4, -0.2) is 41.0 Å². The van der Waals surface area contributed by atoms with Gasteiger partial charge in [0.05, 0.1) is 15.9 Å². The largest absolute Gasteiger partial charge is 0.352 e. The van der Waals surface area contributed by atoms with Gasteiger partial charge < -0.3 is 15.5 Å². The predicted molar refractivity (Wildman–Crippen MR) is 117 cm³/mol. The second kappa shape index (κ2) is 8.61. The predicted octanol–water partition coefficient (Wildman–Crippen LogP) is 4.49. The normalized spacial score (nSPS) is 16.6. The molecule has 4 rings (SSSR count). The molecule has 1 saturated heterocycles. The summed E-state index contributed by atoms with van der Waals surface area (Å²) in [6.45, 7) is 3.05. The molecule has 0 aliphatic carbocycles. The molecule has 0 spiro atoms. The van der Waals surface area contributed by atoms with E-state index in [0.29, 0.717) is 19.5 Å². The van der Waals surface area contributed by atoms with Crippen LogP contribution < -0.4 is 10.6 Å². The number of fused-ring (bicyclic) bond motifs is 1. The van der Waals surface area contributed by atoms with E-state index in [4.69, 9.17) is 4.98 Å². The first-order valence-corrected chi connectivity index (χ1v) is 10.8. The third kappa shape index (κ3) is 4.40. The van der Waals surface area contributed by atoms with Crippen LogP contribution in [0.5, 0.6) is 0 Å². The Balaban J connectivity index is 1.51. The number of hydrogen-bond donors (Lipinski definition) is 2. The number of anilines is 1. The number of benzene rings is 2. The standard InChI is InChI=1S/C22H24N4O2S/c1-2-20(27)23-15-8-7-13-26(14-15)22(28)25-17-10-4-3-9-16(17)21-24-18-11-5-6-12-19(18)29-21/h3-6,9-12,15H,2,7-8,13-14H2,1H3,(H,23,27)(H,25,28). The highest BCUT2D eigenvalue weighted by atomic mass is 32.1. The summed E-state index contributed by atoms with van der Waals surface area (Å²) >= 11 is 1.61. The summed E-state index contributed by atoms with van der Waals surface area (Å²) < 4.78 is 1.12. The number of amides is 3. The summed E-state index contributed by atoms with van der Waals surface area (Å²) in [7, 11) is 0. The van der Waals surface area contributed by atoms with Crippen LogP contribution in [0, 0.1) is 0 Å². The first-order valence-electron chi connectivity index (χ1n) is 9.94. The summed E-state index contributed by atoms with van der Waals surface area (Å²) in [6.07, 6.45) is 2.23. The van der Waals surface area contributed by atoms with Gasteiger partial charge in [-0.1, -0.05) is 31.2 Å². The lowest BCUT2D eigenvalue weighted by Gasteiger charge is -2.33. The van der Waals surface area contributed by atoms with Gasteiger partial charge in [-0.25, -0.2) is 9.78 Å². The molecule has 1 unspecified atom stereocenters. The number of nitrogens with zero attached hydrogens (tertiary/aromatic N) is 2. The molecule has 3 amide bonds. The Hall–Kier alpha value is -2.93. The second-order valence-corrected chi connectivity index (χ2v) is 8.20. The molecular weight excluding hydrogens is 384 g/mol. The maximum absolute atomic E-state index is 12.9. The summed E-state index contributed by atoms with van der Waals surface area (Å²) in [5.41, 5.74) is 2.62. The maximum atomic E-state index is 12.9. The molecule has 2 aromatic carbocycles. The van der Waals surface area contributed by atoms with E-state index in [0.717, 1.165) is 39.3 Å². The molecule has 3 aromatic rings. The molecule has 1 atom stereocenters. The molecule has 150 valence electrons. The number of urea groups is 1. The first kappa shape index (κ1) is 19.4. The Morgan fingerprint density at radius 3 is 2.79 bits per heavy atom. The third-order valence-corrected chi connectivity index (χ3v) is 6.16. The number of rotatable bonds is 4. The highest BCUT2D eigenvalue weighted by Crippen LogP contribution is 2.34. The van der Waals surface area contributed by atoms with Crippen molar-refractivity contribution in [3.63, 3.8) is 0 Å². The summed E-state index contributed by atoms with van der Waals surface area (Å²) in [5.74, 6) is 0.0263. The monoisotopic (exact) mass is 408 g/mol. The van der Waals surface area contributed by atoms with Gasteiger partial charge in [0.15, 0.2) is 0 Å². The van der Waals surface area contributed by atoms with E-state index in [1.807, 2.05) is 49.4 Å². The van der Waals surface area contributed by atoms with Gasteiger partial charge in [0.25, 0.3) is 0 Å². The van der Waals surface area contributed by atoms with E-state index in [2.05, 4.69) is 16.7 Å². The minimum atomic E-state index is -0.144. The minimum Gasteiger partial charge on any atom is -0.352 e. The lowest BCUT2D eigenvalue weighted by atomic mass is 10.1. The molecule has 1 aromatic heterocycles. The van der Waals surface area contributed by atoms with Crippen molar-refractivity contribution in [2.75, 3.05) is 18.4 Å². The SMILES string of the molecule is CCC(=O)NC1CCCN(C(=O)Nc2ccccc2-c2nc3ccccc3s2)C1. The zero-order valence-corrected chi connectivity index (χ0v) is 17.2. The Kier molecular flexibility index (Phi) is 5.76. The molecular formula is C22H24N4O2S. The number of likely N-dealkylation sites (tertiary alicyclic amines) is 1. The fourth-order valence-electron chi connectivity index (χ4n) is 3.57. The van der Waals surface area contributed by atoms with Crippen LogP contribution in [-0.2, 0) is 4.79 Å². The van der Waals surface area contributed by atoms with Crippen molar-refractivity contribution in [1.82, 2.24) is 15.2 Å². The highest BCUT2D eigenvalue weighted by molar-refractivity contribution is 7.21. The number of nitrogens with one attached hydrogen (secondary N) is 2. The molecule has 6 nitrogen and oxygen atoms in total. The second-order valence-electron chi connectivity index (χ2n) is 7.17. The van der Waals surface area contributed by atoms with Crippen LogP contribution >= 0.6 is 11.3 Å². The lowest BCUT2D eigenvalue weighted by molar-refractivity contribution is -0.121. The molecule has 2 heterocycles. The summed E-state index contributed by atoms with van der Waals surface area (Å²) in [5, 5.41) is 6.94. The van der Waals surface area contributed by atoms with Gasteiger partial charge in [0, 0.05) is 31.1 Å². The fraction of sp³-hybridized carbons (Fsp3) is 0.318. The smallest absolute Gasteiger partial charge is 0.321 e. The molecule has 1 fully saturated rings. The minimum absolute atomic E-state index is 0.0152. The van der Waals surface area contributed by atoms with Gasteiger partial charge >= 0.3 is 6.03 Å². The van der Waals surface area contributed by atoms with Gasteiger partial charge in [-0.15, -0.1) is 11.3 Å². The number of carbonyl (C=O) groups excluding carboxylic acids is 2. The van der Waals surface area contributed by atoms with Crippen molar-refractivity contribution >= 4 is 39.2 Å². The van der Waals surface area contributed by atoms with Crippen LogP contribution in [0.25, 0.3) is 20.8 Å². The highest BCUT2D eigenvalue weighted by Gasteiger charge is 2.25. The molecule has 0 bridgehead atoms. The van der Waals surface area contributed by atoms with Crippen LogP contribution in [0.2, 0.25) is 0 Å². The Bertz CT molecular complexity index is 999. The molecule has 2 N–H and O–H groups in total. The van der Waals surface area contributed by atoms with E-state index >= 15 is 0 Å². The van der Waals surface area contributed by atoms with Gasteiger partial charge in [-0.05, 0) is 37.1 Å².